The number of nitrogens with zero attached hydrogens (tertiary/aromatic N) is 1. The third-order valence-electron chi connectivity index (χ3n) is 6.21. The second-order valence-electron chi connectivity index (χ2n) is 8.17. The first-order chi connectivity index (χ1) is 12.8. The predicted octanol–water partition coefficient (Wildman–Crippen LogP) is 2.31. The van der Waals surface area contributed by atoms with Gasteiger partial charge < -0.3 is 10.6 Å². The SMILES string of the molecule is Cc1ccc(S(=O)(=O)NCCN(C)C(=O)C2CC3CCCC(C2)C3N)cc1.Cl. The van der Waals surface area contributed by atoms with E-state index in [1.807, 2.05) is 6.92 Å². The van der Waals surface area contributed by atoms with E-state index in [0.717, 1.165) is 31.2 Å². The van der Waals surface area contributed by atoms with E-state index >= 15 is 0 Å². The van der Waals surface area contributed by atoms with Crippen LogP contribution in [0.3, 0.4) is 0 Å². The Balaban J connectivity index is 0.00000280. The maximum absolute atomic E-state index is 12.8. The van der Waals surface area contributed by atoms with Crippen molar-refractivity contribution in [3.05, 3.63) is 29.8 Å². The second kappa shape index (κ2) is 9.57. The molecule has 1 amide bonds. The molecule has 2 atom stereocenters. The van der Waals surface area contributed by atoms with Crippen LogP contribution in [0.1, 0.15) is 37.7 Å². The van der Waals surface area contributed by atoms with Crippen molar-refractivity contribution < 1.29 is 13.2 Å². The molecule has 0 aromatic heterocycles. The van der Waals surface area contributed by atoms with Gasteiger partial charge in [0.2, 0.25) is 15.9 Å². The summed E-state index contributed by atoms with van der Waals surface area (Å²) >= 11 is 0. The van der Waals surface area contributed by atoms with E-state index in [4.69, 9.17) is 5.73 Å². The lowest BCUT2D eigenvalue weighted by molar-refractivity contribution is -0.137. The van der Waals surface area contributed by atoms with E-state index in [1.165, 1.54) is 6.42 Å². The smallest absolute Gasteiger partial charge is 0.240 e. The molecule has 0 heterocycles. The van der Waals surface area contributed by atoms with Crippen LogP contribution >= 0.6 is 12.4 Å². The number of nitrogens with two attached hydrogens (primary N) is 1. The number of hydrogen-bond acceptors (Lipinski definition) is 4. The van der Waals surface area contributed by atoms with E-state index in [0.29, 0.717) is 18.4 Å². The Bertz CT molecular complexity index is 755. The Morgan fingerprint density at radius 1 is 1.18 bits per heavy atom. The van der Waals surface area contributed by atoms with Crippen LogP contribution in [0.25, 0.3) is 0 Å². The number of likely N-dealkylation sites (N-methyl/N-ethyl adjacent to an activating group) is 1. The zero-order valence-corrected chi connectivity index (χ0v) is 18.3. The standard InChI is InChI=1S/C20H31N3O3S.ClH/c1-14-6-8-18(9-7-14)27(25,26)22-10-11-23(2)20(24)17-12-15-4-3-5-16(13-17)19(15)21;/h6-9,15-17,19,22H,3-5,10-13,21H2,1-2H3;1H. The molecule has 2 unspecified atom stereocenters. The molecule has 1 aromatic carbocycles. The van der Waals surface area contributed by atoms with Gasteiger partial charge in [0.25, 0.3) is 0 Å². The number of rotatable bonds is 6. The number of fused-ring (bicyclic) bond motifs is 2. The van der Waals surface area contributed by atoms with Crippen LogP contribution in [0.2, 0.25) is 0 Å². The zero-order valence-electron chi connectivity index (χ0n) is 16.6. The van der Waals surface area contributed by atoms with Crippen molar-refractivity contribution in [1.82, 2.24) is 9.62 Å². The number of benzene rings is 1. The molecular formula is C20H32ClN3O3S. The molecule has 6 nitrogen and oxygen atoms in total. The summed E-state index contributed by atoms with van der Waals surface area (Å²) in [5.41, 5.74) is 7.32. The van der Waals surface area contributed by atoms with Crippen LogP contribution in [-0.2, 0) is 14.8 Å². The predicted molar refractivity (Wildman–Crippen MR) is 113 cm³/mol. The molecule has 2 fully saturated rings. The van der Waals surface area contributed by atoms with Crippen molar-refractivity contribution in [3.8, 4) is 0 Å². The maximum atomic E-state index is 12.8. The molecular weight excluding hydrogens is 398 g/mol. The van der Waals surface area contributed by atoms with Crippen molar-refractivity contribution in [3.63, 3.8) is 0 Å². The molecule has 2 aliphatic rings. The lowest BCUT2D eigenvalue weighted by Crippen LogP contribution is -2.49. The van der Waals surface area contributed by atoms with Gasteiger partial charge in [-0.15, -0.1) is 12.4 Å². The van der Waals surface area contributed by atoms with E-state index in [2.05, 4.69) is 4.72 Å². The summed E-state index contributed by atoms with van der Waals surface area (Å²) in [6, 6.07) is 6.98. The quantitative estimate of drug-likeness (QED) is 0.725. The van der Waals surface area contributed by atoms with Gasteiger partial charge in [-0.2, -0.15) is 0 Å². The van der Waals surface area contributed by atoms with Gasteiger partial charge in [-0.3, -0.25) is 4.79 Å². The molecule has 0 saturated heterocycles. The molecule has 8 heteroatoms. The van der Waals surface area contributed by atoms with Gasteiger partial charge in [0.05, 0.1) is 4.90 Å². The summed E-state index contributed by atoms with van der Waals surface area (Å²) in [4.78, 5) is 14.7. The van der Waals surface area contributed by atoms with E-state index < -0.39 is 10.0 Å². The summed E-state index contributed by atoms with van der Waals surface area (Å²) in [5.74, 6) is 1.06. The average molecular weight is 430 g/mol. The summed E-state index contributed by atoms with van der Waals surface area (Å²) in [5, 5.41) is 0. The number of hydrogen-bond donors (Lipinski definition) is 2. The number of carbonyl (C=O) groups is 1. The summed E-state index contributed by atoms with van der Waals surface area (Å²) in [7, 11) is -1.79. The average Bonchev–Trinajstić information content (AvgIpc) is 2.61. The molecule has 2 bridgehead atoms. The molecule has 0 aliphatic heterocycles. The van der Waals surface area contributed by atoms with Crippen molar-refractivity contribution in [2.45, 2.75) is 50.0 Å². The third-order valence-corrected chi connectivity index (χ3v) is 7.69. The summed E-state index contributed by atoms with van der Waals surface area (Å²) in [6.45, 7) is 2.48. The molecule has 3 rings (SSSR count). The minimum atomic E-state index is -3.55. The number of carbonyl (C=O) groups excluding carboxylic acids is 1. The van der Waals surface area contributed by atoms with Crippen molar-refractivity contribution >= 4 is 28.3 Å². The van der Waals surface area contributed by atoms with Crippen molar-refractivity contribution in [2.75, 3.05) is 20.1 Å². The molecule has 2 saturated carbocycles. The fourth-order valence-corrected chi connectivity index (χ4v) is 5.58. The second-order valence-corrected chi connectivity index (χ2v) is 9.93. The first-order valence-corrected chi connectivity index (χ1v) is 11.3. The fourth-order valence-electron chi connectivity index (χ4n) is 4.56. The van der Waals surface area contributed by atoms with E-state index in [9.17, 15) is 13.2 Å². The van der Waals surface area contributed by atoms with Crippen molar-refractivity contribution in [1.29, 1.82) is 0 Å². The molecule has 158 valence electrons. The first kappa shape index (κ1) is 23.1. The Morgan fingerprint density at radius 2 is 1.75 bits per heavy atom. The maximum Gasteiger partial charge on any atom is 0.240 e. The van der Waals surface area contributed by atoms with Gasteiger partial charge in [-0.25, -0.2) is 13.1 Å². The van der Waals surface area contributed by atoms with Crippen LogP contribution in [0.15, 0.2) is 29.2 Å². The Labute approximate surface area is 174 Å². The molecule has 0 radical (unpaired) electrons. The number of nitrogens with one attached hydrogen (secondary N) is 1. The molecule has 1 aromatic rings. The van der Waals surface area contributed by atoms with Crippen LogP contribution in [0.4, 0.5) is 0 Å². The highest BCUT2D eigenvalue weighted by atomic mass is 35.5. The Hall–Kier alpha value is -1.15. The van der Waals surface area contributed by atoms with Crippen LogP contribution in [0, 0.1) is 24.7 Å². The minimum Gasteiger partial charge on any atom is -0.344 e. The normalized spacial score (nSPS) is 27.0. The summed E-state index contributed by atoms with van der Waals surface area (Å²) < 4.78 is 27.3. The highest BCUT2D eigenvalue weighted by Crippen LogP contribution is 2.42. The molecule has 0 spiro atoms. The highest BCUT2D eigenvalue weighted by molar-refractivity contribution is 7.89. The number of aryl methyl sites for hydroxylation is 1. The number of amides is 1. The van der Waals surface area contributed by atoms with Gasteiger partial charge in [-0.05, 0) is 56.6 Å². The van der Waals surface area contributed by atoms with Gasteiger partial charge in [0, 0.05) is 32.1 Å². The lowest BCUT2D eigenvalue weighted by Gasteiger charge is -2.44. The molecule has 3 N–H and O–H groups in total. The van der Waals surface area contributed by atoms with Crippen molar-refractivity contribution in [2.24, 2.45) is 23.5 Å². The monoisotopic (exact) mass is 429 g/mol. The summed E-state index contributed by atoms with van der Waals surface area (Å²) in [6.07, 6.45) is 5.22. The van der Waals surface area contributed by atoms with Gasteiger partial charge in [0.1, 0.15) is 0 Å². The zero-order chi connectivity index (χ0) is 19.6. The van der Waals surface area contributed by atoms with Gasteiger partial charge in [0.15, 0.2) is 0 Å². The Kier molecular flexibility index (Phi) is 7.90. The molecule has 28 heavy (non-hydrogen) atoms. The lowest BCUT2D eigenvalue weighted by atomic mass is 9.65. The number of sulfonamides is 1. The third kappa shape index (κ3) is 5.26. The van der Waals surface area contributed by atoms with E-state index in [1.54, 1.807) is 36.2 Å². The van der Waals surface area contributed by atoms with E-state index in [-0.39, 0.29) is 41.7 Å². The van der Waals surface area contributed by atoms with Crippen LogP contribution in [0.5, 0.6) is 0 Å². The highest BCUT2D eigenvalue weighted by Gasteiger charge is 2.41. The first-order valence-electron chi connectivity index (χ1n) is 9.85. The van der Waals surface area contributed by atoms with Crippen LogP contribution in [-0.4, -0.2) is 45.4 Å². The largest absolute Gasteiger partial charge is 0.344 e. The van der Waals surface area contributed by atoms with Gasteiger partial charge >= 0.3 is 0 Å². The Morgan fingerprint density at radius 3 is 2.32 bits per heavy atom. The molecule has 2 aliphatic carbocycles. The minimum absolute atomic E-state index is 0. The number of halogens is 1. The van der Waals surface area contributed by atoms with Crippen LogP contribution < -0.4 is 10.5 Å². The fraction of sp³-hybridized carbons (Fsp3) is 0.650. The topological polar surface area (TPSA) is 92.5 Å². The van der Waals surface area contributed by atoms with Gasteiger partial charge in [-0.1, -0.05) is 24.1 Å².